The highest BCUT2D eigenvalue weighted by Gasteiger charge is 2.50. The van der Waals surface area contributed by atoms with E-state index in [0.717, 1.165) is 15.9 Å². The first kappa shape index (κ1) is 38.8. The summed E-state index contributed by atoms with van der Waals surface area (Å²) in [5.41, 5.74) is 2.19. The van der Waals surface area contributed by atoms with E-state index in [1.165, 1.54) is 13.4 Å². The van der Waals surface area contributed by atoms with Gasteiger partial charge in [-0.15, -0.1) is 0 Å². The van der Waals surface area contributed by atoms with Gasteiger partial charge < -0.3 is 33.4 Å². The molecule has 3 aromatic heterocycles. The zero-order valence-electron chi connectivity index (χ0n) is 31.6. The van der Waals surface area contributed by atoms with Crippen LogP contribution in [0.15, 0.2) is 124 Å². The minimum absolute atomic E-state index is 0.0309. The fourth-order valence-electron chi connectivity index (χ4n) is 6.44. The van der Waals surface area contributed by atoms with Crippen LogP contribution in [0, 0.1) is 0 Å². The Morgan fingerprint density at radius 2 is 1.44 bits per heavy atom. The number of benzene rings is 3. The average Bonchev–Trinajstić information content (AvgIpc) is 3.88. The molecule has 13 heteroatoms. The summed E-state index contributed by atoms with van der Waals surface area (Å²) in [5, 5.41) is 7.86. The molecule has 55 heavy (non-hydrogen) atoms. The topological polar surface area (TPSA) is 151 Å². The zero-order chi connectivity index (χ0) is 38.8. The molecule has 0 saturated heterocycles. The van der Waals surface area contributed by atoms with Crippen LogP contribution in [0.5, 0.6) is 0 Å². The molecule has 6 aromatic rings. The second-order valence-electron chi connectivity index (χ2n) is 13.8. The Labute approximate surface area is 321 Å². The van der Waals surface area contributed by atoms with Crippen LogP contribution in [0.3, 0.4) is 0 Å². The van der Waals surface area contributed by atoms with Crippen molar-refractivity contribution in [1.29, 1.82) is 0 Å². The summed E-state index contributed by atoms with van der Waals surface area (Å²) in [6.45, 7) is 7.24. The lowest BCUT2D eigenvalue weighted by atomic mass is 10.2. The van der Waals surface area contributed by atoms with Crippen LogP contribution < -0.4 is 21.0 Å². The molecule has 12 nitrogen and oxygen atoms in total. The number of oxazole rings is 2. The number of aromatic nitrogens is 3. The first-order chi connectivity index (χ1) is 26.6. The number of carbonyl (C=O) groups excluding carboxylic acids is 2. The second-order valence-corrected chi connectivity index (χ2v) is 18.2. The Morgan fingerprint density at radius 3 is 2.05 bits per heavy atom. The highest BCUT2D eigenvalue weighted by molar-refractivity contribution is 6.99. The number of carbonyl (C=O) groups is 2. The normalized spacial score (nSPS) is 12.2. The van der Waals surface area contributed by atoms with Crippen molar-refractivity contribution in [3.8, 4) is 23.0 Å². The Bertz CT molecular complexity index is 2130. The van der Waals surface area contributed by atoms with Crippen molar-refractivity contribution < 1.29 is 32.3 Å². The molecule has 1 atom stereocenters. The third-order valence-electron chi connectivity index (χ3n) is 9.12. The first-order valence-corrected chi connectivity index (χ1v) is 19.9. The number of pyridine rings is 1. The van der Waals surface area contributed by atoms with E-state index in [2.05, 4.69) is 60.7 Å². The van der Waals surface area contributed by atoms with Crippen LogP contribution in [-0.2, 0) is 26.9 Å². The van der Waals surface area contributed by atoms with Crippen molar-refractivity contribution in [2.75, 3.05) is 27.3 Å². The molecule has 0 spiro atoms. The number of methoxy groups -OCH3 is 1. The number of nitrogens with one attached hydrogen (secondary N) is 2. The molecule has 0 aliphatic heterocycles. The number of likely N-dealkylation sites (N-methyl/N-ethyl adjacent to an activating group) is 1. The zero-order valence-corrected chi connectivity index (χ0v) is 32.6. The van der Waals surface area contributed by atoms with Crippen molar-refractivity contribution in [3.05, 3.63) is 138 Å². The fraction of sp³-hybridized carbons (Fsp3) is 0.262. The third-order valence-corrected chi connectivity index (χ3v) is 14.1. The smallest absolute Gasteiger partial charge is 0.408 e. The summed E-state index contributed by atoms with van der Waals surface area (Å²) in [6.07, 6.45) is 1.25. The predicted molar refractivity (Wildman–Crippen MR) is 210 cm³/mol. The van der Waals surface area contributed by atoms with Crippen molar-refractivity contribution >= 4 is 30.8 Å². The van der Waals surface area contributed by atoms with Gasteiger partial charge in [-0.3, -0.25) is 0 Å². The minimum atomic E-state index is -3.02. The molecule has 0 aliphatic carbocycles. The molecule has 0 bridgehead atoms. The Kier molecular flexibility index (Phi) is 12.4. The monoisotopic (exact) mass is 759 g/mol. The molecular weight excluding hydrogens is 715 g/mol. The van der Waals surface area contributed by atoms with E-state index in [-0.39, 0.29) is 35.7 Å². The summed E-state index contributed by atoms with van der Waals surface area (Å²) in [5.74, 6) is 0.160. The quantitative estimate of drug-likeness (QED) is 0.0875. The highest BCUT2D eigenvalue weighted by Crippen LogP contribution is 2.37. The molecule has 1 unspecified atom stereocenters. The van der Waals surface area contributed by atoms with Gasteiger partial charge in [-0.05, 0) is 40.2 Å². The molecule has 3 aromatic carbocycles. The van der Waals surface area contributed by atoms with Crippen LogP contribution in [0.1, 0.15) is 54.5 Å². The molecule has 0 radical (unpaired) electrons. The second kappa shape index (κ2) is 17.5. The Morgan fingerprint density at radius 1 is 0.800 bits per heavy atom. The number of ether oxygens (including phenoxy) is 2. The molecule has 3 heterocycles. The average molecular weight is 760 g/mol. The lowest BCUT2D eigenvalue weighted by Crippen LogP contribution is -2.67. The number of hydrogen-bond donors (Lipinski definition) is 2. The third kappa shape index (κ3) is 8.91. The maximum atomic E-state index is 13.4. The largest absolute Gasteiger partial charge is 0.464 e. The van der Waals surface area contributed by atoms with Gasteiger partial charge in [0, 0.05) is 13.0 Å². The Balaban J connectivity index is 1.33. The highest BCUT2D eigenvalue weighted by atomic mass is 28.4. The number of nitrogens with zero attached hydrogens (tertiary/aromatic N) is 3. The van der Waals surface area contributed by atoms with Gasteiger partial charge >= 0.3 is 12.1 Å². The lowest BCUT2D eigenvalue weighted by molar-refractivity contribution is 0.0592. The number of esters is 1. The van der Waals surface area contributed by atoms with E-state index < -0.39 is 26.4 Å². The van der Waals surface area contributed by atoms with Gasteiger partial charge in [-0.2, -0.15) is 0 Å². The summed E-state index contributed by atoms with van der Waals surface area (Å²) < 4.78 is 29.8. The predicted octanol–water partition coefficient (Wildman–Crippen LogP) is 6.48. The van der Waals surface area contributed by atoms with E-state index in [4.69, 9.17) is 32.7 Å². The van der Waals surface area contributed by atoms with E-state index in [1.54, 1.807) is 18.2 Å². The number of rotatable bonds is 15. The minimum Gasteiger partial charge on any atom is -0.464 e. The van der Waals surface area contributed by atoms with E-state index in [1.807, 2.05) is 73.8 Å². The maximum absolute atomic E-state index is 13.4. The van der Waals surface area contributed by atoms with Crippen LogP contribution in [0.4, 0.5) is 4.79 Å². The molecular formula is C42H45N5O7Si. The Hall–Kier alpha value is -5.89. The molecule has 0 saturated carbocycles. The van der Waals surface area contributed by atoms with Crippen molar-refractivity contribution in [2.24, 2.45) is 0 Å². The van der Waals surface area contributed by atoms with Crippen LogP contribution in [-0.4, -0.2) is 62.6 Å². The first-order valence-electron chi connectivity index (χ1n) is 18.0. The van der Waals surface area contributed by atoms with Gasteiger partial charge in [-0.25, -0.2) is 24.5 Å². The van der Waals surface area contributed by atoms with Crippen molar-refractivity contribution in [1.82, 2.24) is 25.6 Å². The lowest BCUT2D eigenvalue weighted by Gasteiger charge is -2.43. The number of hydrogen-bond acceptors (Lipinski definition) is 11. The van der Waals surface area contributed by atoms with Gasteiger partial charge in [-0.1, -0.05) is 118 Å². The number of amides is 1. The standard InChI is InChI=1S/C42H45N5O7Si/c1-42(2,3)55(30-18-11-7-12-19-30,31-20-13-8-14-21-31)53-28-35(46-41(49)52-26-29-16-9-6-10-17-29)38-45-34(27-51-38)32-22-15-23-33(44-32)39-47-37(40(48)50-5)36(54-39)24-25-43-4/h6-23,27,35,43H,24-26,28H2,1-5H3,(H,46,49). The van der Waals surface area contributed by atoms with Gasteiger partial charge in [0.05, 0.1) is 19.4 Å². The number of alkyl carbamates (subject to hydrolysis) is 1. The van der Waals surface area contributed by atoms with Crippen LogP contribution in [0.2, 0.25) is 5.04 Å². The van der Waals surface area contributed by atoms with Gasteiger partial charge in [0.2, 0.25) is 11.8 Å². The molecule has 0 aliphatic rings. The molecule has 0 fully saturated rings. The van der Waals surface area contributed by atoms with Crippen LogP contribution >= 0.6 is 0 Å². The maximum Gasteiger partial charge on any atom is 0.408 e. The summed E-state index contributed by atoms with van der Waals surface area (Å²) >= 11 is 0. The molecule has 284 valence electrons. The van der Waals surface area contributed by atoms with Crippen molar-refractivity contribution in [3.63, 3.8) is 0 Å². The summed E-state index contributed by atoms with van der Waals surface area (Å²) in [4.78, 5) is 39.8. The summed E-state index contributed by atoms with van der Waals surface area (Å²) in [7, 11) is 0.0834. The van der Waals surface area contributed by atoms with Gasteiger partial charge in [0.1, 0.15) is 36.1 Å². The van der Waals surface area contributed by atoms with E-state index in [0.29, 0.717) is 35.8 Å². The molecule has 1 amide bonds. The SMILES string of the molecule is CNCCc1oc(-c2cccc(-c3coc(C(CO[Si](c4ccccc4)(c4ccccc4)C(C)(C)C)NC(=O)OCc4ccccc4)n3)n2)nc1C(=O)OC. The van der Waals surface area contributed by atoms with Gasteiger partial charge in [0.25, 0.3) is 8.32 Å². The van der Waals surface area contributed by atoms with E-state index >= 15 is 0 Å². The summed E-state index contributed by atoms with van der Waals surface area (Å²) in [6, 6.07) is 34.4. The van der Waals surface area contributed by atoms with E-state index in [9.17, 15) is 9.59 Å². The fourth-order valence-corrected chi connectivity index (χ4v) is 11.0. The molecule has 6 rings (SSSR count). The molecule has 2 N–H and O–H groups in total. The van der Waals surface area contributed by atoms with Gasteiger partial charge in [0.15, 0.2) is 5.69 Å². The van der Waals surface area contributed by atoms with Crippen molar-refractivity contribution in [2.45, 2.75) is 44.9 Å². The van der Waals surface area contributed by atoms with Crippen LogP contribution in [0.25, 0.3) is 23.0 Å².